The highest BCUT2D eigenvalue weighted by atomic mass is 16.5. The fraction of sp³-hybridized carbons (Fsp3) is 0.407. The fourth-order valence-electron chi connectivity index (χ4n) is 4.80. The molecule has 188 valence electrons. The molecule has 2 aliphatic rings. The summed E-state index contributed by atoms with van der Waals surface area (Å²) in [6.45, 7) is 4.28. The standard InChI is InChI=1S/C27H32N6O3/c1-27(17-34)16-30-24-20(27)13-19(15-29-24)21-9-10-28-26(31-21)32-22-8-7-18(14-23(22)36-2)25(35)33-11-5-3-4-6-12-33/h7-10,13-15,34H,3-6,11-12,16-17H2,1-2H3,(H,29,30)(H,28,31,32). The highest BCUT2D eigenvalue weighted by Crippen LogP contribution is 2.37. The van der Waals surface area contributed by atoms with Crippen LogP contribution in [0.4, 0.5) is 17.5 Å². The molecule has 2 aromatic heterocycles. The number of rotatable bonds is 6. The summed E-state index contributed by atoms with van der Waals surface area (Å²) in [6, 6.07) is 9.26. The third kappa shape index (κ3) is 4.70. The van der Waals surface area contributed by atoms with Gasteiger partial charge in [-0.1, -0.05) is 19.8 Å². The maximum atomic E-state index is 13.0. The van der Waals surface area contributed by atoms with Gasteiger partial charge in [0, 0.05) is 54.1 Å². The number of fused-ring (bicyclic) bond motifs is 1. The molecule has 4 heterocycles. The molecule has 1 fully saturated rings. The lowest BCUT2D eigenvalue weighted by atomic mass is 9.85. The summed E-state index contributed by atoms with van der Waals surface area (Å²) in [7, 11) is 1.58. The average molecular weight is 489 g/mol. The van der Waals surface area contributed by atoms with Crippen LogP contribution in [-0.4, -0.2) is 64.2 Å². The molecule has 0 radical (unpaired) electrons. The first kappa shape index (κ1) is 24.0. The Labute approximate surface area is 211 Å². The zero-order valence-corrected chi connectivity index (χ0v) is 20.8. The Balaban J connectivity index is 1.37. The molecular weight excluding hydrogens is 456 g/mol. The van der Waals surface area contributed by atoms with Gasteiger partial charge in [0.25, 0.3) is 5.91 Å². The molecule has 1 unspecified atom stereocenters. The Bertz CT molecular complexity index is 1260. The van der Waals surface area contributed by atoms with Crippen molar-refractivity contribution in [2.24, 2.45) is 0 Å². The zero-order chi connectivity index (χ0) is 25.1. The number of ether oxygens (including phenoxy) is 1. The lowest BCUT2D eigenvalue weighted by Gasteiger charge is -2.21. The second kappa shape index (κ2) is 10.1. The van der Waals surface area contributed by atoms with Crippen LogP contribution < -0.4 is 15.4 Å². The van der Waals surface area contributed by atoms with Crippen molar-refractivity contribution in [2.75, 3.05) is 44.0 Å². The van der Waals surface area contributed by atoms with Gasteiger partial charge in [0.2, 0.25) is 5.95 Å². The lowest BCUT2D eigenvalue weighted by molar-refractivity contribution is 0.0761. The van der Waals surface area contributed by atoms with Crippen molar-refractivity contribution in [2.45, 2.75) is 38.0 Å². The van der Waals surface area contributed by atoms with Gasteiger partial charge in [-0.2, -0.15) is 0 Å². The molecule has 0 saturated carbocycles. The Morgan fingerprint density at radius 3 is 2.72 bits per heavy atom. The molecule has 0 aliphatic carbocycles. The minimum absolute atomic E-state index is 0.0325. The first-order valence-corrected chi connectivity index (χ1v) is 12.4. The molecule has 3 aromatic rings. The molecule has 0 spiro atoms. The van der Waals surface area contributed by atoms with Gasteiger partial charge in [0.1, 0.15) is 11.6 Å². The fourth-order valence-corrected chi connectivity index (χ4v) is 4.80. The van der Waals surface area contributed by atoms with Crippen LogP contribution in [0, 0.1) is 0 Å². The number of aromatic nitrogens is 3. The molecule has 5 rings (SSSR count). The van der Waals surface area contributed by atoms with Gasteiger partial charge in [-0.3, -0.25) is 4.79 Å². The first-order chi connectivity index (χ1) is 17.5. The molecule has 9 nitrogen and oxygen atoms in total. The Morgan fingerprint density at radius 1 is 1.17 bits per heavy atom. The van der Waals surface area contributed by atoms with Crippen LogP contribution >= 0.6 is 0 Å². The molecule has 1 atom stereocenters. The van der Waals surface area contributed by atoms with Crippen molar-refractivity contribution in [1.29, 1.82) is 0 Å². The quantitative estimate of drug-likeness (QED) is 0.478. The number of nitrogens with one attached hydrogen (secondary N) is 2. The van der Waals surface area contributed by atoms with E-state index < -0.39 is 0 Å². The number of nitrogens with zero attached hydrogens (tertiary/aromatic N) is 4. The molecule has 0 bridgehead atoms. The van der Waals surface area contributed by atoms with E-state index in [1.165, 1.54) is 12.8 Å². The number of anilines is 3. The monoisotopic (exact) mass is 488 g/mol. The molecule has 9 heteroatoms. The van der Waals surface area contributed by atoms with Gasteiger partial charge >= 0.3 is 0 Å². The number of methoxy groups -OCH3 is 1. The van der Waals surface area contributed by atoms with Gasteiger partial charge in [-0.15, -0.1) is 0 Å². The van der Waals surface area contributed by atoms with Gasteiger partial charge in [-0.25, -0.2) is 15.0 Å². The van der Waals surface area contributed by atoms with Crippen molar-refractivity contribution >= 4 is 23.4 Å². The number of benzene rings is 1. The lowest BCUT2D eigenvalue weighted by Crippen LogP contribution is -2.31. The Kier molecular flexibility index (Phi) is 6.73. The van der Waals surface area contributed by atoms with E-state index in [-0.39, 0.29) is 17.9 Å². The van der Waals surface area contributed by atoms with E-state index in [2.05, 4.69) is 25.6 Å². The Hall–Kier alpha value is -3.72. The third-order valence-corrected chi connectivity index (χ3v) is 7.07. The van der Waals surface area contributed by atoms with Crippen molar-refractivity contribution < 1.29 is 14.6 Å². The van der Waals surface area contributed by atoms with E-state index in [0.717, 1.165) is 42.9 Å². The minimum atomic E-state index is -0.383. The van der Waals surface area contributed by atoms with Crippen LogP contribution in [0.2, 0.25) is 0 Å². The summed E-state index contributed by atoms with van der Waals surface area (Å²) in [6.07, 6.45) is 7.90. The normalized spacial score (nSPS) is 19.2. The molecule has 1 amide bonds. The maximum absolute atomic E-state index is 13.0. The number of amides is 1. The third-order valence-electron chi connectivity index (χ3n) is 7.07. The molecule has 1 saturated heterocycles. The Morgan fingerprint density at radius 2 is 1.97 bits per heavy atom. The summed E-state index contributed by atoms with van der Waals surface area (Å²) in [5.74, 6) is 1.78. The predicted molar refractivity (Wildman–Crippen MR) is 139 cm³/mol. The van der Waals surface area contributed by atoms with Crippen molar-refractivity contribution in [1.82, 2.24) is 19.9 Å². The van der Waals surface area contributed by atoms with E-state index >= 15 is 0 Å². The van der Waals surface area contributed by atoms with E-state index in [1.54, 1.807) is 25.6 Å². The van der Waals surface area contributed by atoms with E-state index in [4.69, 9.17) is 4.74 Å². The largest absolute Gasteiger partial charge is 0.495 e. The van der Waals surface area contributed by atoms with Crippen molar-refractivity contribution in [3.8, 4) is 17.0 Å². The van der Waals surface area contributed by atoms with Gasteiger partial charge in [0.15, 0.2) is 0 Å². The summed E-state index contributed by atoms with van der Waals surface area (Å²) in [5, 5.41) is 16.4. The van der Waals surface area contributed by atoms with E-state index in [9.17, 15) is 9.90 Å². The topological polar surface area (TPSA) is 112 Å². The first-order valence-electron chi connectivity index (χ1n) is 12.4. The van der Waals surface area contributed by atoms with Crippen LogP contribution in [0.5, 0.6) is 5.75 Å². The van der Waals surface area contributed by atoms with Gasteiger partial charge in [-0.05, 0) is 43.2 Å². The average Bonchev–Trinajstić information content (AvgIpc) is 3.07. The van der Waals surface area contributed by atoms with Crippen LogP contribution in [-0.2, 0) is 5.41 Å². The number of aliphatic hydroxyl groups is 1. The maximum Gasteiger partial charge on any atom is 0.253 e. The number of pyridine rings is 1. The summed E-state index contributed by atoms with van der Waals surface area (Å²) >= 11 is 0. The van der Waals surface area contributed by atoms with Gasteiger partial charge < -0.3 is 25.4 Å². The summed E-state index contributed by atoms with van der Waals surface area (Å²) < 4.78 is 5.59. The van der Waals surface area contributed by atoms with Crippen LogP contribution in [0.15, 0.2) is 42.7 Å². The van der Waals surface area contributed by atoms with Crippen molar-refractivity contribution in [3.63, 3.8) is 0 Å². The number of carbonyl (C=O) groups is 1. The van der Waals surface area contributed by atoms with Crippen LogP contribution in [0.3, 0.4) is 0 Å². The number of hydrogen-bond donors (Lipinski definition) is 3. The summed E-state index contributed by atoms with van der Waals surface area (Å²) in [5.41, 5.74) is 3.42. The van der Waals surface area contributed by atoms with Crippen LogP contribution in [0.1, 0.15) is 48.5 Å². The molecule has 1 aromatic carbocycles. The smallest absolute Gasteiger partial charge is 0.253 e. The molecule has 3 N–H and O–H groups in total. The second-order valence-corrected chi connectivity index (χ2v) is 9.70. The highest BCUT2D eigenvalue weighted by Gasteiger charge is 2.35. The molecule has 36 heavy (non-hydrogen) atoms. The number of aliphatic hydroxyl groups excluding tert-OH is 1. The number of likely N-dealkylation sites (tertiary alicyclic amines) is 1. The molecule has 2 aliphatic heterocycles. The number of carbonyl (C=O) groups excluding carboxylic acids is 1. The van der Waals surface area contributed by atoms with Crippen LogP contribution in [0.25, 0.3) is 11.3 Å². The number of hydrogen-bond acceptors (Lipinski definition) is 8. The predicted octanol–water partition coefficient (Wildman–Crippen LogP) is 3.98. The summed E-state index contributed by atoms with van der Waals surface area (Å²) in [4.78, 5) is 28.6. The van der Waals surface area contributed by atoms with Gasteiger partial charge in [0.05, 0.1) is 25.1 Å². The SMILES string of the molecule is COc1cc(C(=O)N2CCCCCC2)ccc1Nc1nccc(-c2cnc3c(c2)C(C)(CO)CN3)n1. The zero-order valence-electron chi connectivity index (χ0n) is 20.8. The second-order valence-electron chi connectivity index (χ2n) is 9.70. The molecular formula is C27H32N6O3. The highest BCUT2D eigenvalue weighted by molar-refractivity contribution is 5.95. The minimum Gasteiger partial charge on any atom is -0.495 e. The van der Waals surface area contributed by atoms with Crippen molar-refractivity contribution in [3.05, 3.63) is 53.9 Å². The van der Waals surface area contributed by atoms with E-state index in [1.807, 2.05) is 36.1 Å². The van der Waals surface area contributed by atoms with E-state index in [0.29, 0.717) is 35.2 Å².